The van der Waals surface area contributed by atoms with Crippen molar-refractivity contribution >= 4 is 36.3 Å². The molecule has 6 heterocycles. The van der Waals surface area contributed by atoms with Gasteiger partial charge in [0, 0.05) is 98.9 Å². The number of alkyl halides is 9. The number of nitrogens with one attached hydrogen (secondary N) is 1. The van der Waals surface area contributed by atoms with Gasteiger partial charge < -0.3 is 29.9 Å². The van der Waals surface area contributed by atoms with Crippen LogP contribution in [0, 0.1) is 24.7 Å². The van der Waals surface area contributed by atoms with Crippen LogP contribution in [-0.4, -0.2) is 137 Å². The highest BCUT2D eigenvalue weighted by molar-refractivity contribution is 5.91. The van der Waals surface area contributed by atoms with Crippen LogP contribution in [0.25, 0.3) is 35.2 Å². The average Bonchev–Trinajstić information content (AvgIpc) is 3.83. The number of likely N-dealkylation sites (tertiary alicyclic amines) is 3. The van der Waals surface area contributed by atoms with Crippen LogP contribution in [0.15, 0.2) is 61.2 Å². The minimum absolute atomic E-state index is 0.0812. The molecule has 25 heteroatoms. The molecule has 8 rings (SSSR count). The number of carboxylic acids is 1. The van der Waals surface area contributed by atoms with Crippen LogP contribution in [0.4, 0.5) is 44.3 Å². The molecule has 0 aliphatic carbocycles. The number of carbonyl (C=O) groups is 4. The van der Waals surface area contributed by atoms with Crippen molar-refractivity contribution in [2.75, 3.05) is 52.4 Å². The van der Waals surface area contributed by atoms with Gasteiger partial charge in [0.15, 0.2) is 11.6 Å². The summed E-state index contributed by atoms with van der Waals surface area (Å²) < 4.78 is 118. The van der Waals surface area contributed by atoms with Crippen LogP contribution in [0.5, 0.6) is 0 Å². The number of halogens is 9. The van der Waals surface area contributed by atoms with Gasteiger partial charge in [-0.1, -0.05) is 0 Å². The fourth-order valence-electron chi connectivity index (χ4n) is 7.56. The molecule has 2 spiro atoms. The molecule has 0 unspecified atom stereocenters. The van der Waals surface area contributed by atoms with E-state index in [9.17, 15) is 53.9 Å². The molecule has 4 saturated heterocycles. The predicted octanol–water partition coefficient (Wildman–Crippen LogP) is 6.63. The van der Waals surface area contributed by atoms with Crippen LogP contribution < -0.4 is 5.32 Å². The summed E-state index contributed by atoms with van der Waals surface area (Å²) >= 11 is 0. The zero-order chi connectivity index (χ0) is 50.2. The first-order chi connectivity index (χ1) is 31.4. The first-order valence-corrected chi connectivity index (χ1v) is 20.6. The number of benzene rings is 2. The summed E-state index contributed by atoms with van der Waals surface area (Å²) in [5.74, 6) is -2.78. The number of aryl methyl sites for hydroxylation is 2. The predicted molar refractivity (Wildman–Crippen MR) is 223 cm³/mol. The third kappa shape index (κ3) is 12.6. The number of carboxylic acid groups (broad SMARTS) is 1. The van der Waals surface area contributed by atoms with E-state index >= 15 is 0 Å². The highest BCUT2D eigenvalue weighted by Crippen LogP contribution is 2.41. The maximum absolute atomic E-state index is 13.1. The lowest BCUT2D eigenvalue weighted by Crippen LogP contribution is -2.73. The monoisotopic (exact) mass is 968 g/mol. The molecule has 4 aliphatic heterocycles. The number of amides is 3. The van der Waals surface area contributed by atoms with E-state index in [4.69, 9.17) is 14.6 Å². The molecule has 0 bridgehead atoms. The van der Waals surface area contributed by atoms with Gasteiger partial charge in [0.2, 0.25) is 11.8 Å². The lowest BCUT2D eigenvalue weighted by molar-refractivity contribution is -0.192. The van der Waals surface area contributed by atoms with E-state index in [2.05, 4.69) is 25.5 Å². The van der Waals surface area contributed by atoms with Gasteiger partial charge in [-0.3, -0.25) is 9.59 Å². The lowest BCUT2D eigenvalue weighted by atomic mass is 9.73. The van der Waals surface area contributed by atoms with Gasteiger partial charge in [-0.15, -0.1) is 10.2 Å². The third-order valence-corrected chi connectivity index (χ3v) is 10.8. The molecular weight excluding hydrogens is 924 g/mol. The molecule has 0 radical (unpaired) electrons. The van der Waals surface area contributed by atoms with E-state index in [1.54, 1.807) is 40.7 Å². The Kier molecular flexibility index (Phi) is 13.9. The molecule has 2 aromatic heterocycles. The highest BCUT2D eigenvalue weighted by Gasteiger charge is 2.55. The number of carbonyl (C=O) groups excluding carboxylic acids is 3. The molecule has 2 N–H and O–H groups in total. The Morgan fingerprint density at radius 3 is 1.35 bits per heavy atom. The van der Waals surface area contributed by atoms with Gasteiger partial charge >= 0.3 is 30.6 Å². The van der Waals surface area contributed by atoms with E-state index in [0.29, 0.717) is 37.3 Å². The first kappa shape index (κ1) is 50.6. The van der Waals surface area contributed by atoms with Gasteiger partial charge in [0.25, 0.3) is 0 Å². The number of aromatic nitrogens is 6. The minimum Gasteiger partial charge on any atom is -0.475 e. The van der Waals surface area contributed by atoms with Crippen molar-refractivity contribution in [1.82, 2.24) is 49.5 Å². The van der Waals surface area contributed by atoms with Crippen LogP contribution in [0.2, 0.25) is 0 Å². The topological polar surface area (TPSA) is 181 Å². The van der Waals surface area contributed by atoms with Gasteiger partial charge in [0.1, 0.15) is 18.3 Å². The Hall–Kier alpha value is -6.79. The van der Waals surface area contributed by atoms with Crippen LogP contribution in [-0.2, 0) is 31.5 Å². The molecule has 2 aromatic carbocycles. The Bertz CT molecular complexity index is 2590. The van der Waals surface area contributed by atoms with Gasteiger partial charge in [-0.05, 0) is 82.1 Å². The van der Waals surface area contributed by atoms with Crippen molar-refractivity contribution in [3.05, 3.63) is 83.5 Å². The maximum atomic E-state index is 13.1. The number of hydrogen-bond donors (Lipinski definition) is 2. The van der Waals surface area contributed by atoms with Crippen molar-refractivity contribution in [3.63, 3.8) is 0 Å². The van der Waals surface area contributed by atoms with Crippen molar-refractivity contribution < 1.29 is 68.5 Å². The molecule has 0 atom stereocenters. The average molecular weight is 969 g/mol. The quantitative estimate of drug-likeness (QED) is 0.156. The molecule has 4 aliphatic rings. The molecule has 68 heavy (non-hydrogen) atoms. The molecular formula is C43H45F9N10O6. The maximum Gasteiger partial charge on any atom is 0.490 e. The number of hydrogen-bond acceptors (Lipinski definition) is 10. The van der Waals surface area contributed by atoms with Crippen LogP contribution in [0.1, 0.15) is 43.0 Å². The Labute approximate surface area is 382 Å². The zero-order valence-electron chi connectivity index (χ0n) is 37.0. The van der Waals surface area contributed by atoms with Crippen LogP contribution in [0.3, 0.4) is 0 Å². The standard InChI is InChI=1S/C23H26F3N5O3.C18H18F3N5O.C2HF3O2/c1-15-7-16(9-17(8-15)23(24,25)26)19-27-14-31(28-19)6-5-18(32)29-10-22(11-29)12-30(13-22)20(33)34-21(2,3)4;1-12-4-13(6-14(5-12)18(19,20)21)16-23-11-26(24-16)3-2-15(27)25-9-17(10-25)7-22-8-17;3-2(4,5)1(6)7/h5-9,14H,10-13H2,1-4H3;2-6,11,22H,7-10H2,1H3;(H,6,7)/b6-5-;3-2-;. The Morgan fingerprint density at radius 2 is 1.01 bits per heavy atom. The van der Waals surface area contributed by atoms with Gasteiger partial charge in [0.05, 0.1) is 11.1 Å². The van der Waals surface area contributed by atoms with E-state index in [0.717, 1.165) is 50.4 Å². The Balaban J connectivity index is 0.000000200. The molecule has 0 saturated carbocycles. The summed E-state index contributed by atoms with van der Waals surface area (Å²) in [6.45, 7) is 14.2. The summed E-state index contributed by atoms with van der Waals surface area (Å²) in [6, 6.07) is 7.33. The van der Waals surface area contributed by atoms with Gasteiger partial charge in [-0.25, -0.2) is 28.9 Å². The SMILES string of the molecule is Cc1cc(-c2ncn(/C=C\C(=O)N3CC4(C3)CN(C(=O)OC(C)(C)C)C4)n2)cc(C(F)(F)F)c1.Cc1cc(-c2ncn(/C=C\C(=O)N3CC4(CNC4)C3)n2)cc(C(F)(F)F)c1.O=C(O)C(F)(F)F. The molecule has 4 aromatic rings. The second-order valence-electron chi connectivity index (χ2n) is 18.0. The van der Waals surface area contributed by atoms with Crippen molar-refractivity contribution in [3.8, 4) is 22.8 Å². The fourth-order valence-corrected chi connectivity index (χ4v) is 7.56. The summed E-state index contributed by atoms with van der Waals surface area (Å²) in [4.78, 5) is 58.7. The highest BCUT2D eigenvalue weighted by atomic mass is 19.4. The summed E-state index contributed by atoms with van der Waals surface area (Å²) in [5.41, 5.74) is -0.438. The number of aliphatic carboxylic acids is 1. The number of rotatable bonds is 6. The van der Waals surface area contributed by atoms with Crippen molar-refractivity contribution in [2.24, 2.45) is 10.8 Å². The zero-order valence-corrected chi connectivity index (χ0v) is 37.0. The second-order valence-corrected chi connectivity index (χ2v) is 18.0. The largest absolute Gasteiger partial charge is 0.490 e. The summed E-state index contributed by atoms with van der Waals surface area (Å²) in [7, 11) is 0. The normalized spacial score (nSPS) is 17.4. The van der Waals surface area contributed by atoms with Crippen molar-refractivity contribution in [2.45, 2.75) is 58.7 Å². The first-order valence-electron chi connectivity index (χ1n) is 20.6. The summed E-state index contributed by atoms with van der Waals surface area (Å²) in [5, 5.41) is 18.6. The Morgan fingerprint density at radius 1 is 0.632 bits per heavy atom. The smallest absolute Gasteiger partial charge is 0.475 e. The molecule has 3 amide bonds. The minimum atomic E-state index is -5.08. The second kappa shape index (κ2) is 18.7. The summed E-state index contributed by atoms with van der Waals surface area (Å²) in [6.07, 6.45) is -6.02. The van der Waals surface area contributed by atoms with E-state index < -0.39 is 41.2 Å². The van der Waals surface area contributed by atoms with E-state index in [1.807, 2.05) is 20.8 Å². The van der Waals surface area contributed by atoms with Gasteiger partial charge in [-0.2, -0.15) is 39.5 Å². The fraction of sp³-hybridized carbons (Fsp3) is 0.442. The third-order valence-electron chi connectivity index (χ3n) is 10.8. The molecule has 4 fully saturated rings. The van der Waals surface area contributed by atoms with E-state index in [-0.39, 0.29) is 51.5 Å². The molecule has 16 nitrogen and oxygen atoms in total. The van der Waals surface area contributed by atoms with E-state index in [1.165, 1.54) is 46.6 Å². The number of nitrogens with zero attached hydrogens (tertiary/aromatic N) is 9. The lowest BCUT2D eigenvalue weighted by Gasteiger charge is -2.59. The molecule has 366 valence electrons. The van der Waals surface area contributed by atoms with Crippen molar-refractivity contribution in [1.29, 1.82) is 0 Å². The number of ether oxygens (including phenoxy) is 1. The van der Waals surface area contributed by atoms with Crippen LogP contribution >= 0.6 is 0 Å².